The number of unbranched alkanes of at least 4 members (excludes halogenated alkanes) is 2. The molecule has 0 aliphatic carbocycles. The monoisotopic (exact) mass is 1080 g/mol. The van der Waals surface area contributed by atoms with Gasteiger partial charge in [-0.3, -0.25) is 0 Å². The molecule has 9 rings (SSSR count). The lowest BCUT2D eigenvalue weighted by Crippen LogP contribution is -2.11. The van der Waals surface area contributed by atoms with E-state index in [1.807, 2.05) is 0 Å². The molecule has 0 radical (unpaired) electrons. The Kier molecular flexibility index (Phi) is 21.6. The SMILES string of the molecule is CCCCC(CC)COc1ccc(/C=C/c2cc(/C=C/c3ccc(N(c4ccccc4)c4ccccc4)cc3)c(/C=C/c3ccc(OCC(CC)CCCC)cc3)cc2/C=C/c2ccc(N(c3ccccc3)c3ccccc3)cc2)cc1. The average Bonchev–Trinajstić information content (AvgIpc) is 3.73. The molecular weight excluding hydrogens is 997 g/mol. The van der Waals surface area contributed by atoms with E-state index in [1.54, 1.807) is 0 Å². The summed E-state index contributed by atoms with van der Waals surface area (Å²) < 4.78 is 12.6. The van der Waals surface area contributed by atoms with Crippen LogP contribution in [0.25, 0.3) is 48.6 Å². The summed E-state index contributed by atoms with van der Waals surface area (Å²) in [6.07, 6.45) is 27.5. The van der Waals surface area contributed by atoms with E-state index in [0.29, 0.717) is 11.8 Å². The van der Waals surface area contributed by atoms with Crippen molar-refractivity contribution in [3.8, 4) is 11.5 Å². The van der Waals surface area contributed by atoms with Gasteiger partial charge in [-0.15, -0.1) is 0 Å². The van der Waals surface area contributed by atoms with E-state index in [1.165, 1.54) is 38.5 Å². The standard InChI is InChI=1S/C78H80N2O2/c1-5-9-23-61(7-3)59-81-77-53-41-65(42-54-77)35-47-69-57-68(46-34-64-39-51-76(52-40-64)80(73-29-19-13-20-30-73)74-31-21-14-22-32-74)70(48-36-66-43-55-78(56-44-66)82-60-62(8-4)24-10-6-2)58-67(69)45-33-63-37-49-75(50-38-63)79(71-25-15-11-16-26-71)72-27-17-12-18-28-72/h11-22,25-58,61-62H,5-10,23-24,59-60H2,1-4H3/b45-33+,46-34+,47-35+,48-36+. The smallest absolute Gasteiger partial charge is 0.119 e. The van der Waals surface area contributed by atoms with E-state index in [9.17, 15) is 0 Å². The molecule has 0 N–H and O–H groups in total. The summed E-state index contributed by atoms with van der Waals surface area (Å²) in [5.41, 5.74) is 15.5. The van der Waals surface area contributed by atoms with Gasteiger partial charge in [-0.25, -0.2) is 0 Å². The highest BCUT2D eigenvalue weighted by Gasteiger charge is 2.15. The first-order valence-electron chi connectivity index (χ1n) is 29.8. The maximum absolute atomic E-state index is 6.32. The number of benzene rings is 9. The van der Waals surface area contributed by atoms with Crippen LogP contribution in [0.1, 0.15) is 124 Å². The number of ether oxygens (including phenoxy) is 2. The van der Waals surface area contributed by atoms with E-state index in [2.05, 4.69) is 317 Å². The Morgan fingerprint density at radius 1 is 0.305 bits per heavy atom. The molecule has 82 heavy (non-hydrogen) atoms. The number of rotatable bonds is 28. The fourth-order valence-electron chi connectivity index (χ4n) is 10.2. The quantitative estimate of drug-likeness (QED) is 0.0457. The molecule has 0 fully saturated rings. The van der Waals surface area contributed by atoms with Crippen LogP contribution in [0.3, 0.4) is 0 Å². The first kappa shape index (κ1) is 57.8. The van der Waals surface area contributed by atoms with Crippen molar-refractivity contribution >= 4 is 82.7 Å². The van der Waals surface area contributed by atoms with Crippen LogP contribution in [0.5, 0.6) is 11.5 Å². The molecular formula is C78H80N2O2. The van der Waals surface area contributed by atoms with Gasteiger partial charge < -0.3 is 19.3 Å². The van der Waals surface area contributed by atoms with Crippen molar-refractivity contribution in [3.05, 3.63) is 275 Å². The normalized spacial score (nSPS) is 12.3. The third-order valence-corrected chi connectivity index (χ3v) is 15.3. The molecule has 0 saturated heterocycles. The summed E-state index contributed by atoms with van der Waals surface area (Å²) in [7, 11) is 0. The fraction of sp³-hybridized carbons (Fsp3) is 0.205. The molecule has 2 unspecified atom stereocenters. The van der Waals surface area contributed by atoms with Crippen LogP contribution in [-0.2, 0) is 0 Å². The Labute approximate surface area is 490 Å². The number of para-hydroxylation sites is 4. The predicted octanol–water partition coefficient (Wildman–Crippen LogP) is 22.5. The van der Waals surface area contributed by atoms with E-state index in [-0.39, 0.29) is 0 Å². The summed E-state index contributed by atoms with van der Waals surface area (Å²) in [6.45, 7) is 10.6. The van der Waals surface area contributed by atoms with E-state index >= 15 is 0 Å². The largest absolute Gasteiger partial charge is 0.493 e. The Balaban J connectivity index is 1.07. The molecule has 0 spiro atoms. The van der Waals surface area contributed by atoms with Crippen LogP contribution in [0, 0.1) is 11.8 Å². The number of hydrogen-bond acceptors (Lipinski definition) is 4. The maximum atomic E-state index is 6.32. The molecule has 0 saturated carbocycles. The zero-order valence-corrected chi connectivity index (χ0v) is 48.5. The van der Waals surface area contributed by atoms with Crippen LogP contribution >= 0.6 is 0 Å². The second-order valence-electron chi connectivity index (χ2n) is 21.2. The molecule has 414 valence electrons. The minimum absolute atomic E-state index is 0.575. The highest BCUT2D eigenvalue weighted by Crippen LogP contribution is 2.37. The van der Waals surface area contributed by atoms with Gasteiger partial charge in [0.05, 0.1) is 13.2 Å². The van der Waals surface area contributed by atoms with Crippen molar-refractivity contribution < 1.29 is 9.47 Å². The van der Waals surface area contributed by atoms with Gasteiger partial charge in [0.2, 0.25) is 0 Å². The number of anilines is 6. The van der Waals surface area contributed by atoms with Gasteiger partial charge in [-0.1, -0.05) is 236 Å². The molecule has 0 aromatic heterocycles. The van der Waals surface area contributed by atoms with Gasteiger partial charge in [0, 0.05) is 34.1 Å². The maximum Gasteiger partial charge on any atom is 0.119 e. The molecule has 0 aliphatic rings. The van der Waals surface area contributed by atoms with Gasteiger partial charge >= 0.3 is 0 Å². The zero-order valence-electron chi connectivity index (χ0n) is 48.5. The first-order valence-corrected chi connectivity index (χ1v) is 29.8. The Bertz CT molecular complexity index is 3110. The summed E-state index contributed by atoms with van der Waals surface area (Å²) in [6, 6.07) is 81.6. The Morgan fingerprint density at radius 2 is 0.561 bits per heavy atom. The zero-order chi connectivity index (χ0) is 56.6. The molecule has 0 amide bonds. The Morgan fingerprint density at radius 3 is 0.817 bits per heavy atom. The lowest BCUT2D eigenvalue weighted by molar-refractivity contribution is 0.233. The lowest BCUT2D eigenvalue weighted by atomic mass is 9.95. The molecule has 4 heteroatoms. The van der Waals surface area contributed by atoms with Crippen LogP contribution in [0.2, 0.25) is 0 Å². The van der Waals surface area contributed by atoms with Crippen LogP contribution in [0.15, 0.2) is 231 Å². The third kappa shape index (κ3) is 16.6. The fourth-order valence-corrected chi connectivity index (χ4v) is 10.2. The number of nitrogens with zero attached hydrogens (tertiary/aromatic N) is 2. The summed E-state index contributed by atoms with van der Waals surface area (Å²) >= 11 is 0. The summed E-state index contributed by atoms with van der Waals surface area (Å²) in [5, 5.41) is 0. The van der Waals surface area contributed by atoms with Crippen molar-refractivity contribution in [2.45, 2.75) is 79.1 Å². The van der Waals surface area contributed by atoms with Crippen molar-refractivity contribution in [2.24, 2.45) is 11.8 Å². The van der Waals surface area contributed by atoms with Crippen molar-refractivity contribution in [2.75, 3.05) is 23.0 Å². The molecule has 0 bridgehead atoms. The lowest BCUT2D eigenvalue weighted by Gasteiger charge is -2.25. The topological polar surface area (TPSA) is 24.9 Å². The van der Waals surface area contributed by atoms with Gasteiger partial charge in [-0.05, 0) is 178 Å². The van der Waals surface area contributed by atoms with Gasteiger partial charge in [0.25, 0.3) is 0 Å². The van der Waals surface area contributed by atoms with Crippen molar-refractivity contribution in [1.82, 2.24) is 0 Å². The van der Waals surface area contributed by atoms with Crippen molar-refractivity contribution in [3.63, 3.8) is 0 Å². The van der Waals surface area contributed by atoms with Crippen molar-refractivity contribution in [1.29, 1.82) is 0 Å². The summed E-state index contributed by atoms with van der Waals surface area (Å²) in [4.78, 5) is 4.59. The first-order chi connectivity index (χ1) is 40.5. The molecule has 9 aromatic carbocycles. The van der Waals surface area contributed by atoms with Crippen LogP contribution < -0.4 is 19.3 Å². The summed E-state index contributed by atoms with van der Waals surface area (Å²) in [5.74, 6) is 2.98. The molecule has 0 heterocycles. The van der Waals surface area contributed by atoms with E-state index in [4.69, 9.17) is 9.47 Å². The Hall–Kier alpha value is -8.86. The average molecular weight is 1080 g/mol. The third-order valence-electron chi connectivity index (χ3n) is 15.3. The predicted molar refractivity (Wildman–Crippen MR) is 355 cm³/mol. The van der Waals surface area contributed by atoms with Gasteiger partial charge in [-0.2, -0.15) is 0 Å². The molecule has 4 nitrogen and oxygen atoms in total. The highest BCUT2D eigenvalue weighted by molar-refractivity contribution is 5.88. The minimum atomic E-state index is 0.575. The van der Waals surface area contributed by atoms with Crippen LogP contribution in [-0.4, -0.2) is 13.2 Å². The molecule has 2 atom stereocenters. The highest BCUT2D eigenvalue weighted by atomic mass is 16.5. The second kappa shape index (κ2) is 30.7. The minimum Gasteiger partial charge on any atom is -0.493 e. The van der Waals surface area contributed by atoms with Gasteiger partial charge in [0.1, 0.15) is 11.5 Å². The van der Waals surface area contributed by atoms with Gasteiger partial charge in [0.15, 0.2) is 0 Å². The van der Waals surface area contributed by atoms with E-state index in [0.717, 1.165) is 116 Å². The van der Waals surface area contributed by atoms with Crippen LogP contribution in [0.4, 0.5) is 34.1 Å². The molecule has 9 aromatic rings. The molecule has 0 aliphatic heterocycles. The second-order valence-corrected chi connectivity index (χ2v) is 21.2. The van der Waals surface area contributed by atoms with E-state index < -0.39 is 0 Å². The number of hydrogen-bond donors (Lipinski definition) is 0.